The number of fused-ring (bicyclic) bond motifs is 1. The molecule has 0 bridgehead atoms. The maximum Gasteiger partial charge on any atom is -0.0111 e. The smallest absolute Gasteiger partial charge is 0.0111 e. The molecule has 76 valence electrons. The Morgan fingerprint density at radius 2 is 1.44 bits per heavy atom. The van der Waals surface area contributed by atoms with Gasteiger partial charge in [0.15, 0.2) is 0 Å². The minimum Gasteiger partial charge on any atom is -0.0622 e. The van der Waals surface area contributed by atoms with Crippen LogP contribution in [0.1, 0.15) is 16.7 Å². The molecule has 16 heavy (non-hydrogen) atoms. The molecule has 0 heteroatoms. The van der Waals surface area contributed by atoms with Gasteiger partial charge in [-0.05, 0) is 28.3 Å². The van der Waals surface area contributed by atoms with Gasteiger partial charge < -0.3 is 0 Å². The number of allylic oxidation sites excluding steroid dienone is 2. The van der Waals surface area contributed by atoms with Crippen LogP contribution in [0.15, 0.2) is 60.7 Å². The summed E-state index contributed by atoms with van der Waals surface area (Å²) in [5, 5.41) is 0. The van der Waals surface area contributed by atoms with Crippen molar-refractivity contribution in [3.63, 3.8) is 0 Å². The largest absolute Gasteiger partial charge is 0.0622 e. The van der Waals surface area contributed by atoms with Gasteiger partial charge in [0, 0.05) is 0 Å². The second-order valence-electron chi connectivity index (χ2n) is 3.93. The van der Waals surface area contributed by atoms with E-state index in [9.17, 15) is 0 Å². The Balaban J connectivity index is 1.82. The molecule has 0 atom stereocenters. The van der Waals surface area contributed by atoms with Gasteiger partial charge in [0.1, 0.15) is 0 Å². The van der Waals surface area contributed by atoms with Gasteiger partial charge >= 0.3 is 0 Å². The summed E-state index contributed by atoms with van der Waals surface area (Å²) in [4.78, 5) is 0. The van der Waals surface area contributed by atoms with Crippen molar-refractivity contribution in [2.75, 3.05) is 0 Å². The highest BCUT2D eigenvalue weighted by molar-refractivity contribution is 6.01. The predicted octanol–water partition coefficient (Wildman–Crippen LogP) is 4.25. The Morgan fingerprint density at radius 3 is 2.25 bits per heavy atom. The summed E-state index contributed by atoms with van der Waals surface area (Å²) >= 11 is 0. The first-order chi connectivity index (χ1) is 7.93. The Kier molecular flexibility index (Phi) is 2.19. The first kappa shape index (κ1) is 9.17. The number of benzene rings is 2. The Labute approximate surface area is 95.6 Å². The highest BCUT2D eigenvalue weighted by Gasteiger charge is 2.11. The lowest BCUT2D eigenvalue weighted by molar-refractivity contribution is 1.54. The fourth-order valence-electron chi connectivity index (χ4n) is 1.94. The molecule has 0 heterocycles. The molecule has 3 rings (SSSR count). The normalized spacial score (nSPS) is 13.1. The van der Waals surface area contributed by atoms with Gasteiger partial charge in [-0.15, -0.1) is 0 Å². The average molecular weight is 204 g/mol. The molecule has 0 aliphatic heterocycles. The summed E-state index contributed by atoms with van der Waals surface area (Å²) in [6.45, 7) is 0. The minimum absolute atomic E-state index is 1.24. The summed E-state index contributed by atoms with van der Waals surface area (Å²) in [5.74, 6) is 0. The molecule has 1 aliphatic carbocycles. The molecule has 0 saturated heterocycles. The van der Waals surface area contributed by atoms with E-state index in [0.29, 0.717) is 0 Å². The second-order valence-corrected chi connectivity index (χ2v) is 3.93. The monoisotopic (exact) mass is 204 g/mol. The van der Waals surface area contributed by atoms with Crippen molar-refractivity contribution >= 4 is 17.7 Å². The highest BCUT2D eigenvalue weighted by Crippen LogP contribution is 2.33. The van der Waals surface area contributed by atoms with Gasteiger partial charge in [-0.1, -0.05) is 66.7 Å². The van der Waals surface area contributed by atoms with Gasteiger partial charge in [0.25, 0.3) is 0 Å². The first-order valence-electron chi connectivity index (χ1n) is 5.48. The maximum absolute atomic E-state index is 2.22. The molecule has 0 N–H and O–H groups in total. The van der Waals surface area contributed by atoms with Gasteiger partial charge in [0.2, 0.25) is 0 Å². The van der Waals surface area contributed by atoms with E-state index in [1.54, 1.807) is 0 Å². The zero-order valence-corrected chi connectivity index (χ0v) is 8.93. The van der Waals surface area contributed by atoms with Crippen LogP contribution in [-0.2, 0) is 0 Å². The van der Waals surface area contributed by atoms with E-state index in [1.807, 2.05) is 6.07 Å². The van der Waals surface area contributed by atoms with Gasteiger partial charge in [-0.25, -0.2) is 0 Å². The van der Waals surface area contributed by atoms with E-state index in [2.05, 4.69) is 66.8 Å². The van der Waals surface area contributed by atoms with Gasteiger partial charge in [0.05, 0.1) is 0 Å². The third kappa shape index (κ3) is 1.59. The second kappa shape index (κ2) is 3.82. The summed E-state index contributed by atoms with van der Waals surface area (Å²) in [5.41, 5.74) is 5.26. The number of rotatable bonds is 2. The summed E-state index contributed by atoms with van der Waals surface area (Å²) < 4.78 is 0. The molecule has 2 aromatic carbocycles. The first-order valence-corrected chi connectivity index (χ1v) is 5.48. The van der Waals surface area contributed by atoms with E-state index in [4.69, 9.17) is 0 Å². The van der Waals surface area contributed by atoms with E-state index in [1.165, 1.54) is 22.3 Å². The van der Waals surface area contributed by atoms with E-state index in [0.717, 1.165) is 0 Å². The topological polar surface area (TPSA) is 0 Å². The minimum atomic E-state index is 1.24. The van der Waals surface area contributed by atoms with Crippen LogP contribution < -0.4 is 0 Å². The molecule has 0 fully saturated rings. The van der Waals surface area contributed by atoms with Crippen molar-refractivity contribution < 1.29 is 0 Å². The zero-order chi connectivity index (χ0) is 10.8. The van der Waals surface area contributed by atoms with Crippen LogP contribution in [0.2, 0.25) is 0 Å². The van der Waals surface area contributed by atoms with Crippen molar-refractivity contribution in [2.45, 2.75) is 0 Å². The van der Waals surface area contributed by atoms with E-state index >= 15 is 0 Å². The molecule has 0 unspecified atom stereocenters. The van der Waals surface area contributed by atoms with Crippen LogP contribution in [-0.4, -0.2) is 0 Å². The standard InChI is InChI=1S/C16H12/c1-2-6-13(7-3-1)10-11-15-12-14-8-4-5-9-16(14)15/h1-12H. The quantitative estimate of drug-likeness (QED) is 0.685. The molecule has 1 aliphatic rings. The van der Waals surface area contributed by atoms with Crippen LogP contribution >= 0.6 is 0 Å². The predicted molar refractivity (Wildman–Crippen MR) is 69.8 cm³/mol. The summed E-state index contributed by atoms with van der Waals surface area (Å²) in [7, 11) is 0. The Hall–Kier alpha value is -2.08. The molecule has 0 radical (unpaired) electrons. The van der Waals surface area contributed by atoms with E-state index < -0.39 is 0 Å². The molecule has 0 spiro atoms. The van der Waals surface area contributed by atoms with Crippen LogP contribution in [0.5, 0.6) is 0 Å². The average Bonchev–Trinajstić information content (AvgIpc) is 2.32. The Bertz CT molecular complexity index is 560. The van der Waals surface area contributed by atoms with E-state index in [-0.39, 0.29) is 0 Å². The van der Waals surface area contributed by atoms with Crippen LogP contribution in [0, 0.1) is 0 Å². The molecule has 0 saturated carbocycles. The van der Waals surface area contributed by atoms with Gasteiger partial charge in [-0.2, -0.15) is 0 Å². The molecular formula is C16H12. The molecule has 2 aromatic rings. The molecule has 0 nitrogen and oxygen atoms in total. The molecule has 0 amide bonds. The van der Waals surface area contributed by atoms with Crippen molar-refractivity contribution in [3.8, 4) is 0 Å². The lowest BCUT2D eigenvalue weighted by Gasteiger charge is -2.16. The Morgan fingerprint density at radius 1 is 0.688 bits per heavy atom. The summed E-state index contributed by atoms with van der Waals surface area (Å²) in [6.07, 6.45) is 6.55. The van der Waals surface area contributed by atoms with Crippen LogP contribution in [0.3, 0.4) is 0 Å². The highest BCUT2D eigenvalue weighted by atomic mass is 14.1. The maximum atomic E-state index is 2.22. The van der Waals surface area contributed by atoms with Gasteiger partial charge in [-0.3, -0.25) is 0 Å². The lowest BCUT2D eigenvalue weighted by Crippen LogP contribution is -1.95. The van der Waals surface area contributed by atoms with Crippen molar-refractivity contribution in [1.82, 2.24) is 0 Å². The zero-order valence-electron chi connectivity index (χ0n) is 8.93. The fraction of sp³-hybridized carbons (Fsp3) is 0. The van der Waals surface area contributed by atoms with Crippen LogP contribution in [0.4, 0.5) is 0 Å². The number of hydrogen-bond acceptors (Lipinski definition) is 0. The SMILES string of the molecule is C(=Cc1ccccc1)C1=Cc2ccccc21. The lowest BCUT2D eigenvalue weighted by atomic mass is 9.88. The fourth-order valence-corrected chi connectivity index (χ4v) is 1.94. The van der Waals surface area contributed by atoms with Crippen molar-refractivity contribution in [1.29, 1.82) is 0 Å². The van der Waals surface area contributed by atoms with Crippen molar-refractivity contribution in [2.24, 2.45) is 0 Å². The van der Waals surface area contributed by atoms with Crippen LogP contribution in [0.25, 0.3) is 17.7 Å². The number of hydrogen-bond donors (Lipinski definition) is 0. The third-order valence-corrected chi connectivity index (χ3v) is 2.84. The third-order valence-electron chi connectivity index (χ3n) is 2.84. The van der Waals surface area contributed by atoms with Crippen molar-refractivity contribution in [3.05, 3.63) is 77.4 Å². The molecular weight excluding hydrogens is 192 g/mol. The molecule has 0 aromatic heterocycles. The summed E-state index contributed by atoms with van der Waals surface area (Å²) in [6, 6.07) is 18.9.